The highest BCUT2D eigenvalue weighted by molar-refractivity contribution is 5.43. The van der Waals surface area contributed by atoms with E-state index in [1.165, 1.54) is 0 Å². The summed E-state index contributed by atoms with van der Waals surface area (Å²) < 4.78 is 5.23. The second-order valence-corrected chi connectivity index (χ2v) is 2.64. The molecule has 3 nitrogen and oxygen atoms in total. The third kappa shape index (κ3) is 0.935. The molecule has 1 aliphatic rings. The predicted octanol–water partition coefficient (Wildman–Crippen LogP) is 0.784. The Hall–Kier alpha value is -1.22. The number of phenols is 1. The first-order chi connectivity index (χ1) is 5.27. The van der Waals surface area contributed by atoms with Crippen LogP contribution < -0.4 is 10.5 Å². The number of nitrogens with two attached hydrogens (primary N) is 1. The van der Waals surface area contributed by atoms with Gasteiger partial charge in [0.25, 0.3) is 0 Å². The number of benzene rings is 1. The molecular formula is C8H9NO2. The van der Waals surface area contributed by atoms with Gasteiger partial charge in [-0.15, -0.1) is 0 Å². The second-order valence-electron chi connectivity index (χ2n) is 2.64. The first-order valence-electron chi connectivity index (χ1n) is 3.48. The van der Waals surface area contributed by atoms with Crippen LogP contribution in [0.1, 0.15) is 11.6 Å². The fourth-order valence-corrected chi connectivity index (χ4v) is 1.23. The van der Waals surface area contributed by atoms with Crippen LogP contribution in [0.15, 0.2) is 18.2 Å². The molecule has 1 aromatic carbocycles. The van der Waals surface area contributed by atoms with Crippen molar-refractivity contribution in [2.24, 2.45) is 5.73 Å². The Labute approximate surface area is 64.4 Å². The maximum Gasteiger partial charge on any atom is 0.124 e. The number of phenolic OH excluding ortho intramolecular Hbond substituents is 1. The number of ether oxygens (including phenoxy) is 1. The minimum absolute atomic E-state index is 0.0860. The van der Waals surface area contributed by atoms with Gasteiger partial charge in [-0.05, 0) is 18.2 Å². The fraction of sp³-hybridized carbons (Fsp3) is 0.250. The van der Waals surface area contributed by atoms with Crippen molar-refractivity contribution in [3.63, 3.8) is 0 Å². The SMILES string of the molecule is N[C@@H]1COc2ccc(O)cc21. The molecule has 0 spiro atoms. The lowest BCUT2D eigenvalue weighted by Gasteiger charge is -1.99. The predicted molar refractivity (Wildman–Crippen MR) is 40.5 cm³/mol. The van der Waals surface area contributed by atoms with Crippen LogP contribution in [-0.4, -0.2) is 11.7 Å². The lowest BCUT2D eigenvalue weighted by molar-refractivity contribution is 0.333. The van der Waals surface area contributed by atoms with Crippen molar-refractivity contribution >= 4 is 0 Å². The molecule has 3 N–H and O–H groups in total. The van der Waals surface area contributed by atoms with E-state index in [4.69, 9.17) is 15.6 Å². The van der Waals surface area contributed by atoms with Crippen LogP contribution in [0.3, 0.4) is 0 Å². The van der Waals surface area contributed by atoms with Gasteiger partial charge in [0.2, 0.25) is 0 Å². The summed E-state index contributed by atoms with van der Waals surface area (Å²) in [6.07, 6.45) is 0. The molecule has 11 heavy (non-hydrogen) atoms. The molecular weight excluding hydrogens is 142 g/mol. The van der Waals surface area contributed by atoms with E-state index >= 15 is 0 Å². The molecule has 0 radical (unpaired) electrons. The van der Waals surface area contributed by atoms with E-state index in [1.807, 2.05) is 0 Å². The zero-order chi connectivity index (χ0) is 7.84. The van der Waals surface area contributed by atoms with Crippen LogP contribution in [0.2, 0.25) is 0 Å². The summed E-state index contributed by atoms with van der Waals surface area (Å²) in [5, 5.41) is 9.10. The molecule has 0 fully saturated rings. The van der Waals surface area contributed by atoms with Crippen LogP contribution in [0.5, 0.6) is 11.5 Å². The highest BCUT2D eigenvalue weighted by atomic mass is 16.5. The smallest absolute Gasteiger partial charge is 0.124 e. The summed E-state index contributed by atoms with van der Waals surface area (Å²) in [5.74, 6) is 1.03. The van der Waals surface area contributed by atoms with Crippen LogP contribution in [0, 0.1) is 0 Å². The van der Waals surface area contributed by atoms with E-state index in [9.17, 15) is 0 Å². The molecule has 1 aromatic rings. The first kappa shape index (κ1) is 6.49. The largest absolute Gasteiger partial charge is 0.508 e. The van der Waals surface area contributed by atoms with Gasteiger partial charge in [0.15, 0.2) is 0 Å². The van der Waals surface area contributed by atoms with Crippen molar-refractivity contribution in [1.82, 2.24) is 0 Å². The third-order valence-corrected chi connectivity index (χ3v) is 1.81. The molecule has 1 atom stereocenters. The standard InChI is InChI=1S/C8H9NO2/c9-7-4-11-8-2-1-5(10)3-6(7)8/h1-3,7,10H,4,9H2/t7-/m1/s1. The molecule has 0 saturated carbocycles. The minimum Gasteiger partial charge on any atom is -0.508 e. The molecule has 0 saturated heterocycles. The minimum atomic E-state index is -0.0860. The van der Waals surface area contributed by atoms with Crippen molar-refractivity contribution in [3.8, 4) is 11.5 Å². The summed E-state index contributed by atoms with van der Waals surface area (Å²) in [6, 6.07) is 4.89. The topological polar surface area (TPSA) is 55.5 Å². The number of fused-ring (bicyclic) bond motifs is 1. The Balaban J connectivity index is 2.52. The van der Waals surface area contributed by atoms with Gasteiger partial charge >= 0.3 is 0 Å². The molecule has 1 heterocycles. The highest BCUT2D eigenvalue weighted by Crippen LogP contribution is 2.32. The zero-order valence-electron chi connectivity index (χ0n) is 5.95. The van der Waals surface area contributed by atoms with Crippen LogP contribution in [-0.2, 0) is 0 Å². The molecule has 58 valence electrons. The molecule has 0 bridgehead atoms. The first-order valence-corrected chi connectivity index (χ1v) is 3.48. The molecule has 3 heteroatoms. The Bertz CT molecular complexity index is 285. The zero-order valence-corrected chi connectivity index (χ0v) is 5.95. The number of rotatable bonds is 0. The van der Waals surface area contributed by atoms with Gasteiger partial charge in [-0.3, -0.25) is 0 Å². The summed E-state index contributed by atoms with van der Waals surface area (Å²) in [4.78, 5) is 0. The van der Waals surface area contributed by atoms with Gasteiger partial charge in [-0.25, -0.2) is 0 Å². The van der Waals surface area contributed by atoms with Gasteiger partial charge in [0, 0.05) is 5.56 Å². The summed E-state index contributed by atoms with van der Waals surface area (Å²) in [5.41, 5.74) is 6.57. The van der Waals surface area contributed by atoms with Crippen molar-refractivity contribution in [2.45, 2.75) is 6.04 Å². The third-order valence-electron chi connectivity index (χ3n) is 1.81. The van der Waals surface area contributed by atoms with Crippen molar-refractivity contribution in [3.05, 3.63) is 23.8 Å². The fourth-order valence-electron chi connectivity index (χ4n) is 1.23. The lowest BCUT2D eigenvalue weighted by atomic mass is 10.1. The number of hydrogen-bond donors (Lipinski definition) is 2. The Kier molecular flexibility index (Phi) is 1.26. The van der Waals surface area contributed by atoms with E-state index < -0.39 is 0 Å². The van der Waals surface area contributed by atoms with Crippen LogP contribution >= 0.6 is 0 Å². The van der Waals surface area contributed by atoms with E-state index in [2.05, 4.69) is 0 Å². The molecule has 1 aliphatic heterocycles. The van der Waals surface area contributed by atoms with Gasteiger partial charge in [0.05, 0.1) is 6.04 Å². The van der Waals surface area contributed by atoms with E-state index in [0.717, 1.165) is 11.3 Å². The lowest BCUT2D eigenvalue weighted by Crippen LogP contribution is -2.10. The van der Waals surface area contributed by atoms with Crippen molar-refractivity contribution in [2.75, 3.05) is 6.61 Å². The maximum absolute atomic E-state index is 9.10. The Morgan fingerprint density at radius 3 is 3.18 bits per heavy atom. The van der Waals surface area contributed by atoms with Crippen LogP contribution in [0.4, 0.5) is 0 Å². The number of hydrogen-bond acceptors (Lipinski definition) is 3. The van der Waals surface area contributed by atoms with E-state index in [0.29, 0.717) is 6.61 Å². The highest BCUT2D eigenvalue weighted by Gasteiger charge is 2.20. The Morgan fingerprint density at radius 1 is 1.55 bits per heavy atom. The summed E-state index contributed by atoms with van der Waals surface area (Å²) in [6.45, 7) is 0.513. The molecule has 0 aliphatic carbocycles. The van der Waals surface area contributed by atoms with Gasteiger partial charge in [-0.2, -0.15) is 0 Å². The molecule has 2 rings (SSSR count). The quantitative estimate of drug-likeness (QED) is 0.576. The molecule has 0 unspecified atom stereocenters. The van der Waals surface area contributed by atoms with E-state index in [1.54, 1.807) is 18.2 Å². The van der Waals surface area contributed by atoms with Crippen LogP contribution in [0.25, 0.3) is 0 Å². The molecule has 0 aromatic heterocycles. The second kappa shape index (κ2) is 2.13. The van der Waals surface area contributed by atoms with Gasteiger partial charge < -0.3 is 15.6 Å². The normalized spacial score (nSPS) is 21.0. The van der Waals surface area contributed by atoms with Crippen molar-refractivity contribution < 1.29 is 9.84 Å². The van der Waals surface area contributed by atoms with Gasteiger partial charge in [-0.1, -0.05) is 0 Å². The Morgan fingerprint density at radius 2 is 2.36 bits per heavy atom. The average molecular weight is 151 g/mol. The summed E-state index contributed by atoms with van der Waals surface area (Å²) in [7, 11) is 0. The van der Waals surface area contributed by atoms with Gasteiger partial charge in [0.1, 0.15) is 18.1 Å². The monoisotopic (exact) mass is 151 g/mol. The molecule has 0 amide bonds. The average Bonchev–Trinajstić information content (AvgIpc) is 2.33. The van der Waals surface area contributed by atoms with Crippen molar-refractivity contribution in [1.29, 1.82) is 0 Å². The number of aromatic hydroxyl groups is 1. The summed E-state index contributed by atoms with van der Waals surface area (Å²) >= 11 is 0. The van der Waals surface area contributed by atoms with E-state index in [-0.39, 0.29) is 11.8 Å². The maximum atomic E-state index is 9.10.